The summed E-state index contributed by atoms with van der Waals surface area (Å²) in [5.74, 6) is 0.445. The van der Waals surface area contributed by atoms with Crippen LogP contribution in [0.25, 0.3) is 0 Å². The van der Waals surface area contributed by atoms with Crippen molar-refractivity contribution >= 4 is 15.9 Å². The summed E-state index contributed by atoms with van der Waals surface area (Å²) in [7, 11) is 0. The minimum Gasteiger partial charge on any atom is -0.488 e. The van der Waals surface area contributed by atoms with Crippen molar-refractivity contribution in [1.82, 2.24) is 5.32 Å². The Hall–Kier alpha value is -1.47. The van der Waals surface area contributed by atoms with Gasteiger partial charge in [-0.1, -0.05) is 34.1 Å². The van der Waals surface area contributed by atoms with Crippen LogP contribution in [0.2, 0.25) is 0 Å². The van der Waals surface area contributed by atoms with Crippen LogP contribution in [0, 0.1) is 5.82 Å². The predicted octanol–water partition coefficient (Wildman–Crippen LogP) is 3.27. The Kier molecular flexibility index (Phi) is 8.18. The second kappa shape index (κ2) is 10.4. The van der Waals surface area contributed by atoms with Gasteiger partial charge in [0.1, 0.15) is 18.2 Å². The lowest BCUT2D eigenvalue weighted by atomic mass is 10.2. The highest BCUT2D eigenvalue weighted by Crippen LogP contribution is 2.24. The molecule has 0 radical (unpaired) electrons. The predicted molar refractivity (Wildman–Crippen MR) is 94.5 cm³/mol. The molecule has 0 atom stereocenters. The molecule has 0 saturated heterocycles. The van der Waals surface area contributed by atoms with Gasteiger partial charge in [-0.15, -0.1) is 0 Å². The highest BCUT2D eigenvalue weighted by molar-refractivity contribution is 9.10. The Morgan fingerprint density at radius 1 is 1.08 bits per heavy atom. The van der Waals surface area contributed by atoms with Gasteiger partial charge in [-0.3, -0.25) is 0 Å². The van der Waals surface area contributed by atoms with E-state index in [9.17, 15) is 4.39 Å². The van der Waals surface area contributed by atoms with E-state index in [0.29, 0.717) is 37.6 Å². The van der Waals surface area contributed by atoms with Crippen molar-refractivity contribution in [2.75, 3.05) is 26.4 Å². The SMILES string of the molecule is OCCOCCNCc1cc(Br)ccc1OCc1ccccc1F. The lowest BCUT2D eigenvalue weighted by molar-refractivity contribution is 0.0937. The summed E-state index contributed by atoms with van der Waals surface area (Å²) < 4.78 is 25.6. The van der Waals surface area contributed by atoms with E-state index in [1.165, 1.54) is 6.07 Å². The van der Waals surface area contributed by atoms with Crippen LogP contribution >= 0.6 is 15.9 Å². The molecule has 2 aromatic carbocycles. The molecule has 2 N–H and O–H groups in total. The van der Waals surface area contributed by atoms with Crippen LogP contribution in [0.15, 0.2) is 46.9 Å². The van der Waals surface area contributed by atoms with Crippen molar-refractivity contribution in [3.05, 3.63) is 63.9 Å². The highest BCUT2D eigenvalue weighted by atomic mass is 79.9. The fraction of sp³-hybridized carbons (Fsp3) is 0.333. The van der Waals surface area contributed by atoms with Crippen LogP contribution < -0.4 is 10.1 Å². The molecule has 4 nitrogen and oxygen atoms in total. The topological polar surface area (TPSA) is 50.7 Å². The van der Waals surface area contributed by atoms with Gasteiger partial charge in [0.15, 0.2) is 0 Å². The molecule has 0 unspecified atom stereocenters. The van der Waals surface area contributed by atoms with Crippen LogP contribution in [0.1, 0.15) is 11.1 Å². The van der Waals surface area contributed by atoms with Crippen molar-refractivity contribution in [3.63, 3.8) is 0 Å². The molecule has 0 fully saturated rings. The zero-order valence-corrected chi connectivity index (χ0v) is 14.9. The minimum absolute atomic E-state index is 0.0274. The van der Waals surface area contributed by atoms with Gasteiger partial charge in [0, 0.05) is 28.7 Å². The molecular formula is C18H21BrFNO3. The van der Waals surface area contributed by atoms with Gasteiger partial charge in [0.25, 0.3) is 0 Å². The summed E-state index contributed by atoms with van der Waals surface area (Å²) in [4.78, 5) is 0. The van der Waals surface area contributed by atoms with E-state index in [1.807, 2.05) is 18.2 Å². The minimum atomic E-state index is -0.268. The van der Waals surface area contributed by atoms with Gasteiger partial charge < -0.3 is 19.9 Å². The van der Waals surface area contributed by atoms with Gasteiger partial charge >= 0.3 is 0 Å². The molecule has 0 saturated carbocycles. The number of nitrogens with one attached hydrogen (secondary N) is 1. The zero-order chi connectivity index (χ0) is 17.2. The molecule has 0 aliphatic carbocycles. The van der Waals surface area contributed by atoms with Gasteiger partial charge in [0.2, 0.25) is 0 Å². The second-order valence-electron chi connectivity index (χ2n) is 5.14. The smallest absolute Gasteiger partial charge is 0.129 e. The Bertz CT molecular complexity index is 639. The van der Waals surface area contributed by atoms with Gasteiger partial charge in [0.05, 0.1) is 19.8 Å². The molecule has 130 valence electrons. The van der Waals surface area contributed by atoms with Crippen molar-refractivity contribution in [2.45, 2.75) is 13.2 Å². The maximum Gasteiger partial charge on any atom is 0.129 e. The zero-order valence-electron chi connectivity index (χ0n) is 13.3. The molecule has 0 aliphatic rings. The number of rotatable bonds is 10. The van der Waals surface area contributed by atoms with Gasteiger partial charge in [-0.05, 0) is 24.3 Å². The highest BCUT2D eigenvalue weighted by Gasteiger charge is 2.07. The normalized spacial score (nSPS) is 10.8. The molecule has 0 spiro atoms. The Morgan fingerprint density at radius 3 is 2.71 bits per heavy atom. The van der Waals surface area contributed by atoms with Gasteiger partial charge in [-0.25, -0.2) is 4.39 Å². The maximum absolute atomic E-state index is 13.7. The summed E-state index contributed by atoms with van der Waals surface area (Å²) in [6, 6.07) is 12.3. The first kappa shape index (κ1) is 18.9. The number of ether oxygens (including phenoxy) is 2. The number of hydrogen-bond donors (Lipinski definition) is 2. The monoisotopic (exact) mass is 397 g/mol. The first-order valence-electron chi connectivity index (χ1n) is 7.74. The van der Waals surface area contributed by atoms with E-state index in [2.05, 4.69) is 21.2 Å². The third-order valence-electron chi connectivity index (χ3n) is 3.34. The Balaban J connectivity index is 1.91. The largest absolute Gasteiger partial charge is 0.488 e. The molecule has 0 bridgehead atoms. The van der Waals surface area contributed by atoms with E-state index in [-0.39, 0.29) is 19.0 Å². The third kappa shape index (κ3) is 6.20. The summed E-state index contributed by atoms with van der Waals surface area (Å²) in [6.45, 7) is 2.35. The summed E-state index contributed by atoms with van der Waals surface area (Å²) in [5.41, 5.74) is 1.50. The summed E-state index contributed by atoms with van der Waals surface area (Å²) in [6.07, 6.45) is 0. The number of hydrogen-bond acceptors (Lipinski definition) is 4. The molecule has 2 rings (SSSR count). The van der Waals surface area contributed by atoms with Crippen LogP contribution in [-0.2, 0) is 17.9 Å². The molecule has 0 amide bonds. The molecule has 0 aliphatic heterocycles. The van der Waals surface area contributed by atoms with E-state index in [1.54, 1.807) is 18.2 Å². The van der Waals surface area contributed by atoms with Crippen molar-refractivity contribution in [3.8, 4) is 5.75 Å². The Morgan fingerprint density at radius 2 is 1.92 bits per heavy atom. The van der Waals surface area contributed by atoms with E-state index in [4.69, 9.17) is 14.6 Å². The fourth-order valence-corrected chi connectivity index (χ4v) is 2.54. The molecule has 24 heavy (non-hydrogen) atoms. The lowest BCUT2D eigenvalue weighted by Crippen LogP contribution is -2.20. The number of aliphatic hydroxyl groups is 1. The Labute approximate surface area is 149 Å². The van der Waals surface area contributed by atoms with Crippen LogP contribution in [0.3, 0.4) is 0 Å². The first-order chi connectivity index (χ1) is 11.7. The molecule has 0 aromatic heterocycles. The molecular weight excluding hydrogens is 377 g/mol. The van der Waals surface area contributed by atoms with E-state index >= 15 is 0 Å². The van der Waals surface area contributed by atoms with Crippen LogP contribution in [-0.4, -0.2) is 31.5 Å². The van der Waals surface area contributed by atoms with Crippen LogP contribution in [0.4, 0.5) is 4.39 Å². The van der Waals surface area contributed by atoms with Crippen molar-refractivity contribution in [2.24, 2.45) is 0 Å². The second-order valence-corrected chi connectivity index (χ2v) is 6.06. The molecule has 6 heteroatoms. The standard InChI is InChI=1S/C18H21BrFNO3/c19-16-5-6-18(24-13-14-3-1-2-4-17(14)20)15(11-16)12-21-7-9-23-10-8-22/h1-6,11,21-22H,7-10,12-13H2. The van der Waals surface area contributed by atoms with E-state index < -0.39 is 0 Å². The lowest BCUT2D eigenvalue weighted by Gasteiger charge is -2.13. The average Bonchev–Trinajstić information content (AvgIpc) is 2.58. The molecule has 0 heterocycles. The van der Waals surface area contributed by atoms with Crippen LogP contribution in [0.5, 0.6) is 5.75 Å². The fourth-order valence-electron chi connectivity index (χ4n) is 2.13. The van der Waals surface area contributed by atoms with Gasteiger partial charge in [-0.2, -0.15) is 0 Å². The quantitative estimate of drug-likeness (QED) is 0.604. The maximum atomic E-state index is 13.7. The number of aliphatic hydroxyl groups excluding tert-OH is 1. The third-order valence-corrected chi connectivity index (χ3v) is 3.83. The average molecular weight is 398 g/mol. The summed E-state index contributed by atoms with van der Waals surface area (Å²) in [5, 5.41) is 11.9. The number of halogens is 2. The van der Waals surface area contributed by atoms with E-state index in [0.717, 1.165) is 10.0 Å². The summed E-state index contributed by atoms with van der Waals surface area (Å²) >= 11 is 3.45. The van der Waals surface area contributed by atoms with Crippen molar-refractivity contribution < 1.29 is 19.0 Å². The first-order valence-corrected chi connectivity index (χ1v) is 8.54. The molecule has 2 aromatic rings. The number of benzene rings is 2. The van der Waals surface area contributed by atoms with Crippen molar-refractivity contribution in [1.29, 1.82) is 0 Å².